The summed E-state index contributed by atoms with van der Waals surface area (Å²) in [5.74, 6) is 0.464. The van der Waals surface area contributed by atoms with Gasteiger partial charge in [-0.15, -0.1) is 0 Å². The van der Waals surface area contributed by atoms with E-state index < -0.39 is 0 Å². The normalized spacial score (nSPS) is 21.4. The molecule has 14 heavy (non-hydrogen) atoms. The van der Waals surface area contributed by atoms with Crippen molar-refractivity contribution in [3.05, 3.63) is 29.3 Å². The number of nitrogens with zero attached hydrogens (tertiary/aromatic N) is 1. The van der Waals surface area contributed by atoms with Crippen LogP contribution in [0.1, 0.15) is 17.7 Å². The maximum absolute atomic E-state index is 12.9. The molecule has 2 heterocycles. The third kappa shape index (κ3) is 2.10. The molecule has 1 fully saturated rings. The average molecular weight is 194 g/mol. The minimum atomic E-state index is -0.210. The molecule has 0 radical (unpaired) electrons. The van der Waals surface area contributed by atoms with E-state index in [0.29, 0.717) is 11.5 Å². The summed E-state index contributed by atoms with van der Waals surface area (Å²) in [4.78, 5) is 4.10. The number of halogens is 1. The van der Waals surface area contributed by atoms with Crippen LogP contribution in [0, 0.1) is 18.7 Å². The Hall–Kier alpha value is -0.960. The van der Waals surface area contributed by atoms with Crippen molar-refractivity contribution in [3.8, 4) is 0 Å². The molecule has 0 aliphatic carbocycles. The molecule has 1 aromatic heterocycles. The highest BCUT2D eigenvalue weighted by Gasteiger charge is 2.15. The molecule has 2 nitrogen and oxygen atoms in total. The van der Waals surface area contributed by atoms with Gasteiger partial charge in [-0.3, -0.25) is 4.98 Å². The van der Waals surface area contributed by atoms with Crippen LogP contribution in [0.2, 0.25) is 0 Å². The Kier molecular flexibility index (Phi) is 2.77. The molecule has 1 aromatic rings. The molecular weight excluding hydrogens is 179 g/mol. The molecule has 1 N–H and O–H groups in total. The smallest absolute Gasteiger partial charge is 0.144 e. The van der Waals surface area contributed by atoms with Crippen LogP contribution >= 0.6 is 0 Å². The fourth-order valence-corrected chi connectivity index (χ4v) is 1.89. The van der Waals surface area contributed by atoms with Crippen LogP contribution in [0.4, 0.5) is 4.39 Å². The monoisotopic (exact) mass is 194 g/mol. The van der Waals surface area contributed by atoms with Crippen LogP contribution < -0.4 is 5.32 Å². The van der Waals surface area contributed by atoms with E-state index in [4.69, 9.17) is 0 Å². The zero-order valence-corrected chi connectivity index (χ0v) is 8.39. The van der Waals surface area contributed by atoms with Crippen molar-refractivity contribution in [1.82, 2.24) is 10.3 Å². The molecule has 1 aliphatic heterocycles. The number of nitrogens with one attached hydrogen (secondary N) is 1. The summed E-state index contributed by atoms with van der Waals surface area (Å²) < 4.78 is 12.9. The minimum absolute atomic E-state index is 0.210. The van der Waals surface area contributed by atoms with Crippen LogP contribution in [-0.2, 0) is 6.42 Å². The second-order valence-corrected chi connectivity index (χ2v) is 3.99. The second kappa shape index (κ2) is 4.05. The van der Waals surface area contributed by atoms with Gasteiger partial charge in [0.15, 0.2) is 0 Å². The van der Waals surface area contributed by atoms with Crippen molar-refractivity contribution >= 4 is 0 Å². The maximum Gasteiger partial charge on any atom is 0.144 e. The van der Waals surface area contributed by atoms with Gasteiger partial charge >= 0.3 is 0 Å². The van der Waals surface area contributed by atoms with Crippen molar-refractivity contribution in [1.29, 1.82) is 0 Å². The van der Waals surface area contributed by atoms with E-state index in [2.05, 4.69) is 10.3 Å². The molecule has 3 heteroatoms. The molecule has 0 amide bonds. The lowest BCUT2D eigenvalue weighted by Gasteiger charge is -2.07. The highest BCUT2D eigenvalue weighted by Crippen LogP contribution is 2.15. The lowest BCUT2D eigenvalue weighted by molar-refractivity contribution is 0.564. The van der Waals surface area contributed by atoms with Gasteiger partial charge in [0, 0.05) is 5.69 Å². The standard InChI is InChI=1S/C11H15FN2/c1-8-4-10(14-7-11(8)12)5-9-2-3-13-6-9/h4,7,9,13H,2-3,5-6H2,1H3. The molecule has 0 aromatic carbocycles. The van der Waals surface area contributed by atoms with Gasteiger partial charge in [-0.25, -0.2) is 4.39 Å². The fourth-order valence-electron chi connectivity index (χ4n) is 1.89. The highest BCUT2D eigenvalue weighted by atomic mass is 19.1. The SMILES string of the molecule is Cc1cc(CC2CCNC2)ncc1F. The quantitative estimate of drug-likeness (QED) is 0.774. The van der Waals surface area contributed by atoms with E-state index in [0.717, 1.165) is 25.2 Å². The van der Waals surface area contributed by atoms with E-state index in [9.17, 15) is 4.39 Å². The van der Waals surface area contributed by atoms with Crippen LogP contribution in [0.15, 0.2) is 12.3 Å². The zero-order valence-electron chi connectivity index (χ0n) is 8.39. The summed E-state index contributed by atoms with van der Waals surface area (Å²) in [6, 6.07) is 1.85. The molecule has 2 rings (SSSR count). The molecule has 0 bridgehead atoms. The summed E-state index contributed by atoms with van der Waals surface area (Å²) in [6.07, 6.45) is 3.50. The first-order valence-electron chi connectivity index (χ1n) is 5.07. The van der Waals surface area contributed by atoms with Gasteiger partial charge in [-0.05, 0) is 50.4 Å². The van der Waals surface area contributed by atoms with Crippen molar-refractivity contribution in [2.75, 3.05) is 13.1 Å². The van der Waals surface area contributed by atoms with Gasteiger partial charge in [-0.1, -0.05) is 0 Å². The zero-order chi connectivity index (χ0) is 9.97. The van der Waals surface area contributed by atoms with Crippen molar-refractivity contribution in [2.45, 2.75) is 19.8 Å². The van der Waals surface area contributed by atoms with E-state index in [1.54, 1.807) is 6.92 Å². The number of pyridine rings is 1. The lowest BCUT2D eigenvalue weighted by atomic mass is 10.0. The average Bonchev–Trinajstić information content (AvgIpc) is 2.64. The predicted octanol–water partition coefficient (Wildman–Crippen LogP) is 1.68. The third-order valence-electron chi connectivity index (χ3n) is 2.76. The Morgan fingerprint density at radius 1 is 1.64 bits per heavy atom. The number of hydrogen-bond acceptors (Lipinski definition) is 2. The first-order valence-corrected chi connectivity index (χ1v) is 5.07. The number of aromatic nitrogens is 1. The summed E-state index contributed by atoms with van der Waals surface area (Å²) in [6.45, 7) is 3.95. The van der Waals surface area contributed by atoms with Crippen LogP contribution in [0.3, 0.4) is 0 Å². The van der Waals surface area contributed by atoms with Gasteiger partial charge in [-0.2, -0.15) is 0 Å². The molecule has 0 saturated carbocycles. The van der Waals surface area contributed by atoms with Crippen molar-refractivity contribution in [3.63, 3.8) is 0 Å². The molecular formula is C11H15FN2. The van der Waals surface area contributed by atoms with Crippen LogP contribution in [-0.4, -0.2) is 18.1 Å². The van der Waals surface area contributed by atoms with Gasteiger partial charge < -0.3 is 5.32 Å². The molecule has 1 saturated heterocycles. The Labute approximate surface area is 83.6 Å². The molecule has 76 valence electrons. The summed E-state index contributed by atoms with van der Waals surface area (Å²) in [5, 5.41) is 3.32. The maximum atomic E-state index is 12.9. The highest BCUT2D eigenvalue weighted by molar-refractivity contribution is 5.17. The topological polar surface area (TPSA) is 24.9 Å². The predicted molar refractivity (Wildman–Crippen MR) is 53.6 cm³/mol. The van der Waals surface area contributed by atoms with E-state index in [-0.39, 0.29) is 5.82 Å². The Bertz CT molecular complexity index is 319. The Morgan fingerprint density at radius 3 is 3.14 bits per heavy atom. The van der Waals surface area contributed by atoms with E-state index in [1.165, 1.54) is 12.6 Å². The summed E-state index contributed by atoms with van der Waals surface area (Å²) in [7, 11) is 0. The molecule has 0 spiro atoms. The Morgan fingerprint density at radius 2 is 2.50 bits per heavy atom. The number of rotatable bonds is 2. The summed E-state index contributed by atoms with van der Waals surface area (Å²) >= 11 is 0. The van der Waals surface area contributed by atoms with Gasteiger partial charge in [0.1, 0.15) is 5.82 Å². The molecule has 1 unspecified atom stereocenters. The first-order chi connectivity index (χ1) is 6.75. The minimum Gasteiger partial charge on any atom is -0.316 e. The molecule has 1 atom stereocenters. The van der Waals surface area contributed by atoms with E-state index in [1.807, 2.05) is 6.07 Å². The fraction of sp³-hybridized carbons (Fsp3) is 0.545. The van der Waals surface area contributed by atoms with Crippen molar-refractivity contribution < 1.29 is 4.39 Å². The van der Waals surface area contributed by atoms with Crippen LogP contribution in [0.5, 0.6) is 0 Å². The third-order valence-corrected chi connectivity index (χ3v) is 2.76. The lowest BCUT2D eigenvalue weighted by Crippen LogP contribution is -2.11. The van der Waals surface area contributed by atoms with Gasteiger partial charge in [0.2, 0.25) is 0 Å². The Balaban J connectivity index is 2.05. The summed E-state index contributed by atoms with van der Waals surface area (Å²) in [5.41, 5.74) is 1.71. The van der Waals surface area contributed by atoms with Crippen LogP contribution in [0.25, 0.3) is 0 Å². The first kappa shape index (κ1) is 9.59. The largest absolute Gasteiger partial charge is 0.316 e. The second-order valence-electron chi connectivity index (χ2n) is 3.99. The van der Waals surface area contributed by atoms with Gasteiger partial charge in [0.25, 0.3) is 0 Å². The number of hydrogen-bond donors (Lipinski definition) is 1. The van der Waals surface area contributed by atoms with E-state index >= 15 is 0 Å². The molecule has 1 aliphatic rings. The number of aryl methyl sites for hydroxylation is 1. The van der Waals surface area contributed by atoms with Gasteiger partial charge in [0.05, 0.1) is 6.20 Å². The van der Waals surface area contributed by atoms with Crippen molar-refractivity contribution in [2.24, 2.45) is 5.92 Å².